The number of amides is 2. The lowest BCUT2D eigenvalue weighted by molar-refractivity contribution is -0.134. The van der Waals surface area contributed by atoms with Crippen LogP contribution >= 0.6 is 0 Å². The summed E-state index contributed by atoms with van der Waals surface area (Å²) >= 11 is 0. The van der Waals surface area contributed by atoms with E-state index in [2.05, 4.69) is 55.5 Å². The van der Waals surface area contributed by atoms with E-state index in [0.717, 1.165) is 64.3 Å². The van der Waals surface area contributed by atoms with Crippen LogP contribution in [-0.4, -0.2) is 78.9 Å². The van der Waals surface area contributed by atoms with Gasteiger partial charge in [0.2, 0.25) is 6.41 Å². The molecule has 2 saturated carbocycles. The lowest BCUT2D eigenvalue weighted by Crippen LogP contribution is -2.40. The molecule has 2 aliphatic carbocycles. The number of carboxylic acid groups (broad SMARTS) is 1. The quantitative estimate of drug-likeness (QED) is 0.0936. The minimum absolute atomic E-state index is 0.0756. The number of Topliss-reactive ketones (excluding diaryl/α,β-unsaturated/α-hetero) is 1. The average molecular weight is 668 g/mol. The molecule has 1 saturated heterocycles. The Morgan fingerprint density at radius 1 is 0.957 bits per heavy atom. The van der Waals surface area contributed by atoms with Crippen LogP contribution in [0.5, 0.6) is 0 Å². The molecular weight excluding hydrogens is 598 g/mol. The van der Waals surface area contributed by atoms with Gasteiger partial charge in [-0.3, -0.25) is 14.4 Å². The average Bonchev–Trinajstić information content (AvgIpc) is 3.85. The maximum Gasteiger partial charge on any atom is 0.408 e. The number of ketones is 1. The van der Waals surface area contributed by atoms with E-state index in [1.165, 1.54) is 51.5 Å². The number of rotatable bonds is 15. The third-order valence-corrected chi connectivity index (χ3v) is 8.57. The fraction of sp³-hybridized carbons (Fsp3) is 0.811. The summed E-state index contributed by atoms with van der Waals surface area (Å²) in [6.45, 7) is 15.0. The molecule has 1 aliphatic heterocycles. The van der Waals surface area contributed by atoms with Crippen molar-refractivity contribution < 1.29 is 33.8 Å². The van der Waals surface area contributed by atoms with Gasteiger partial charge in [-0.15, -0.1) is 0 Å². The number of likely N-dealkylation sites (tertiary alicyclic amines) is 1. The second kappa shape index (κ2) is 30.6. The van der Waals surface area contributed by atoms with E-state index in [1.807, 2.05) is 20.8 Å². The van der Waals surface area contributed by atoms with Gasteiger partial charge < -0.3 is 30.2 Å². The fourth-order valence-corrected chi connectivity index (χ4v) is 5.21. The molecule has 10 nitrogen and oxygen atoms in total. The van der Waals surface area contributed by atoms with Crippen molar-refractivity contribution in [2.24, 2.45) is 17.8 Å². The maximum atomic E-state index is 12.2. The summed E-state index contributed by atoms with van der Waals surface area (Å²) in [4.78, 5) is 55.6. The molecule has 274 valence electrons. The molecule has 3 fully saturated rings. The van der Waals surface area contributed by atoms with E-state index in [-0.39, 0.29) is 30.2 Å². The third-order valence-electron chi connectivity index (χ3n) is 8.57. The lowest BCUT2D eigenvalue weighted by atomic mass is 9.83. The van der Waals surface area contributed by atoms with Crippen molar-refractivity contribution in [1.82, 2.24) is 15.5 Å². The van der Waals surface area contributed by atoms with Gasteiger partial charge in [-0.05, 0) is 84.7 Å². The predicted octanol–water partition coefficient (Wildman–Crippen LogP) is 7.34. The van der Waals surface area contributed by atoms with Crippen LogP contribution in [0.25, 0.3) is 0 Å². The van der Waals surface area contributed by atoms with Crippen molar-refractivity contribution >= 4 is 30.5 Å². The standard InChI is InChI=1S/C14H21NO4.C13H25NO.C6H13N.C2H4O2.C2H6/c16-9-8-15-14(18)19-13(12(17)10-6-7-10)11-4-2-1-3-5-11;1-4-5-6-7-8-9-10-12(2)13(3)14-11-15;1-6-4-3-5-7(6)2;1-2(3)4;1-2/h9-11,13H,1-8H2,(H,15,18);9-13H,4-8H2,1-3H3,(H,14,15);6H,3-5H2,1-2H3;1H3,(H,3,4);1-2H3/b;10-9-;;;/t;;6-;;/m..1../s1. The van der Waals surface area contributed by atoms with Gasteiger partial charge in [0.1, 0.15) is 6.29 Å². The van der Waals surface area contributed by atoms with E-state index in [4.69, 9.17) is 14.6 Å². The Morgan fingerprint density at radius 2 is 1.57 bits per heavy atom. The lowest BCUT2D eigenvalue weighted by Gasteiger charge is -2.29. The van der Waals surface area contributed by atoms with E-state index in [1.54, 1.807) is 0 Å². The number of carboxylic acids is 1. The second-order valence-corrected chi connectivity index (χ2v) is 12.6. The first kappa shape index (κ1) is 46.4. The van der Waals surface area contributed by atoms with Crippen molar-refractivity contribution in [3.05, 3.63) is 12.2 Å². The Hall–Kier alpha value is -2.75. The van der Waals surface area contributed by atoms with Crippen LogP contribution in [0, 0.1) is 17.8 Å². The minimum Gasteiger partial charge on any atom is -0.481 e. The molecule has 0 aromatic heterocycles. The molecule has 2 amide bonds. The molecule has 0 aromatic rings. The number of alkyl carbamates (subject to hydrolysis) is 1. The van der Waals surface area contributed by atoms with Crippen LogP contribution < -0.4 is 10.6 Å². The zero-order valence-electron chi connectivity index (χ0n) is 30.9. The van der Waals surface area contributed by atoms with Crippen LogP contribution in [0.2, 0.25) is 0 Å². The first-order valence-corrected chi connectivity index (χ1v) is 18.2. The number of hydrogen-bond donors (Lipinski definition) is 3. The molecule has 10 heteroatoms. The smallest absolute Gasteiger partial charge is 0.408 e. The van der Waals surface area contributed by atoms with Crippen LogP contribution in [0.1, 0.15) is 138 Å². The van der Waals surface area contributed by atoms with Crippen molar-refractivity contribution in [3.63, 3.8) is 0 Å². The van der Waals surface area contributed by atoms with Gasteiger partial charge in [0.25, 0.3) is 5.97 Å². The number of aldehydes is 1. The van der Waals surface area contributed by atoms with Crippen molar-refractivity contribution in [2.45, 2.75) is 157 Å². The summed E-state index contributed by atoms with van der Waals surface area (Å²) in [7, 11) is 2.19. The molecule has 4 atom stereocenters. The fourth-order valence-electron chi connectivity index (χ4n) is 5.21. The number of carbonyl (C=O) groups excluding carboxylic acids is 4. The summed E-state index contributed by atoms with van der Waals surface area (Å²) in [5.41, 5.74) is 0. The Balaban J connectivity index is 0. The highest BCUT2D eigenvalue weighted by Crippen LogP contribution is 2.36. The SMILES string of the molecule is CC.CC(=O)O.CCCCCC/C=C\C(C)C(C)NC=O.C[C@@H]1CCCN1C.O=CCNC(=O)OC(C(=O)C1CC1)C1CCCCC1. The summed E-state index contributed by atoms with van der Waals surface area (Å²) in [5.74, 6) is -0.0934. The summed E-state index contributed by atoms with van der Waals surface area (Å²) in [5, 5.41) is 12.5. The summed E-state index contributed by atoms with van der Waals surface area (Å²) in [6, 6.07) is 1.08. The molecule has 3 N–H and O–H groups in total. The first-order valence-electron chi connectivity index (χ1n) is 18.2. The second-order valence-electron chi connectivity index (χ2n) is 12.6. The van der Waals surface area contributed by atoms with Crippen molar-refractivity contribution in [3.8, 4) is 0 Å². The Morgan fingerprint density at radius 3 is 2.02 bits per heavy atom. The summed E-state index contributed by atoms with van der Waals surface area (Å²) in [6.07, 6.45) is 20.9. The Labute approximate surface area is 286 Å². The molecule has 0 radical (unpaired) electrons. The van der Waals surface area contributed by atoms with Crippen LogP contribution in [0.15, 0.2) is 12.2 Å². The van der Waals surface area contributed by atoms with Crippen LogP contribution in [0.3, 0.4) is 0 Å². The number of aliphatic carboxylic acids is 1. The van der Waals surface area contributed by atoms with Gasteiger partial charge in [-0.2, -0.15) is 0 Å². The summed E-state index contributed by atoms with van der Waals surface area (Å²) < 4.78 is 5.30. The normalized spacial score (nSPS) is 19.3. The zero-order valence-corrected chi connectivity index (χ0v) is 30.9. The van der Waals surface area contributed by atoms with E-state index in [9.17, 15) is 19.2 Å². The van der Waals surface area contributed by atoms with Gasteiger partial charge in [0, 0.05) is 30.8 Å². The molecule has 1 heterocycles. The van der Waals surface area contributed by atoms with Crippen LogP contribution in [0.4, 0.5) is 4.79 Å². The van der Waals surface area contributed by atoms with Gasteiger partial charge in [-0.1, -0.05) is 78.4 Å². The highest BCUT2D eigenvalue weighted by Gasteiger charge is 2.41. The number of nitrogens with zero attached hydrogens (tertiary/aromatic N) is 1. The minimum atomic E-state index is -0.833. The van der Waals surface area contributed by atoms with E-state index in [0.29, 0.717) is 12.2 Å². The number of unbranched alkanes of at least 4 members (excludes halogenated alkanes) is 4. The third kappa shape index (κ3) is 26.0. The first-order chi connectivity index (χ1) is 22.5. The number of nitrogens with one attached hydrogen (secondary N) is 2. The zero-order chi connectivity index (χ0) is 36.0. The van der Waals surface area contributed by atoms with Crippen molar-refractivity contribution in [1.29, 1.82) is 0 Å². The molecule has 3 aliphatic rings. The topological polar surface area (TPSA) is 142 Å². The Bertz CT molecular complexity index is 845. The molecule has 3 rings (SSSR count). The molecule has 0 bridgehead atoms. The molecule has 0 aromatic carbocycles. The highest BCUT2D eigenvalue weighted by molar-refractivity contribution is 5.89. The van der Waals surface area contributed by atoms with E-state index < -0.39 is 18.2 Å². The molecule has 47 heavy (non-hydrogen) atoms. The van der Waals surface area contributed by atoms with Gasteiger partial charge in [0.15, 0.2) is 11.9 Å². The van der Waals surface area contributed by atoms with Crippen LogP contribution in [-0.2, 0) is 23.9 Å². The van der Waals surface area contributed by atoms with Crippen molar-refractivity contribution in [2.75, 3.05) is 20.1 Å². The Kier molecular flexibility index (Phi) is 30.2. The monoisotopic (exact) mass is 668 g/mol. The number of ether oxygens (including phenoxy) is 1. The predicted molar refractivity (Wildman–Crippen MR) is 190 cm³/mol. The maximum absolute atomic E-state index is 12.2. The molecular formula is C37H69N3O7. The number of hydrogen-bond acceptors (Lipinski definition) is 7. The largest absolute Gasteiger partial charge is 0.481 e. The number of allylic oxidation sites excluding steroid dienone is 1. The van der Waals surface area contributed by atoms with Gasteiger partial charge in [0.05, 0.1) is 6.54 Å². The molecule has 0 spiro atoms. The highest BCUT2D eigenvalue weighted by atomic mass is 16.6. The van der Waals surface area contributed by atoms with Gasteiger partial charge >= 0.3 is 6.09 Å². The van der Waals surface area contributed by atoms with Gasteiger partial charge in [-0.25, -0.2) is 4.79 Å². The number of carbonyl (C=O) groups is 5. The molecule has 3 unspecified atom stereocenters. The van der Waals surface area contributed by atoms with E-state index >= 15 is 0 Å².